The van der Waals surface area contributed by atoms with Crippen LogP contribution in [0.2, 0.25) is 0 Å². The highest BCUT2D eigenvalue weighted by Gasteiger charge is 2.42. The van der Waals surface area contributed by atoms with Crippen LogP contribution in [-0.2, 0) is 14.6 Å². The quantitative estimate of drug-likeness (QED) is 0.823. The van der Waals surface area contributed by atoms with E-state index >= 15 is 0 Å². The molecule has 5 nitrogen and oxygen atoms in total. The zero-order chi connectivity index (χ0) is 16.7. The van der Waals surface area contributed by atoms with E-state index in [9.17, 15) is 13.2 Å². The smallest absolute Gasteiger partial charge is 0.180 e. The summed E-state index contributed by atoms with van der Waals surface area (Å²) in [6.07, 6.45) is 4.53. The van der Waals surface area contributed by atoms with Gasteiger partial charge < -0.3 is 10.1 Å². The molecule has 2 aromatic rings. The highest BCUT2D eigenvalue weighted by Crippen LogP contribution is 2.43. The lowest BCUT2D eigenvalue weighted by atomic mass is 10.1. The summed E-state index contributed by atoms with van der Waals surface area (Å²) in [5, 5.41) is 4.44. The Morgan fingerprint density at radius 3 is 2.61 bits per heavy atom. The van der Waals surface area contributed by atoms with Crippen LogP contribution >= 0.6 is 0 Å². The molecule has 6 heteroatoms. The number of hydrogen-bond donors (Lipinski definition) is 1. The molecule has 0 spiro atoms. The van der Waals surface area contributed by atoms with Gasteiger partial charge in [0.05, 0.1) is 10.1 Å². The summed E-state index contributed by atoms with van der Waals surface area (Å²) in [5.41, 5.74) is -0.216. The molecule has 0 aliphatic heterocycles. The molecule has 1 aliphatic rings. The third-order valence-corrected chi connectivity index (χ3v) is 6.56. The average Bonchev–Trinajstić information content (AvgIpc) is 3.32. The van der Waals surface area contributed by atoms with Crippen LogP contribution in [0.4, 0.5) is 5.82 Å². The van der Waals surface area contributed by atoms with Gasteiger partial charge in [0.15, 0.2) is 9.84 Å². The van der Waals surface area contributed by atoms with Crippen molar-refractivity contribution in [2.75, 3.05) is 11.9 Å². The van der Waals surface area contributed by atoms with Crippen LogP contribution in [-0.4, -0.2) is 31.5 Å². The summed E-state index contributed by atoms with van der Waals surface area (Å²) in [5.74, 6) is 0.699. The van der Waals surface area contributed by atoms with E-state index < -0.39 is 15.1 Å². The number of nitrogens with one attached hydrogen (secondary N) is 1. The lowest BCUT2D eigenvalue weighted by molar-refractivity contribution is -0.111. The largest absolute Gasteiger partial charge is 0.369 e. The number of carbonyl (C=O) groups is 1. The summed E-state index contributed by atoms with van der Waals surface area (Å²) >= 11 is 0. The molecular weight excluding hydrogens is 312 g/mol. The zero-order valence-corrected chi connectivity index (χ0v) is 14.1. The number of anilines is 1. The van der Waals surface area contributed by atoms with E-state index in [4.69, 9.17) is 0 Å². The normalized spacial score (nSPS) is 16.5. The Labute approximate surface area is 136 Å². The first-order valence-electron chi connectivity index (χ1n) is 7.70. The molecule has 3 rings (SSSR count). The second-order valence-electron chi connectivity index (χ2n) is 6.51. The molecule has 1 aromatic carbocycles. The van der Waals surface area contributed by atoms with Crippen molar-refractivity contribution < 1.29 is 13.2 Å². The van der Waals surface area contributed by atoms with Crippen molar-refractivity contribution in [3.63, 3.8) is 0 Å². The van der Waals surface area contributed by atoms with Crippen molar-refractivity contribution in [2.24, 2.45) is 5.41 Å². The van der Waals surface area contributed by atoms with Gasteiger partial charge in [-0.05, 0) is 50.3 Å². The Morgan fingerprint density at radius 1 is 1.26 bits per heavy atom. The van der Waals surface area contributed by atoms with Crippen molar-refractivity contribution in [1.29, 1.82) is 0 Å². The van der Waals surface area contributed by atoms with Gasteiger partial charge in [0.2, 0.25) is 0 Å². The molecular formula is C17H20N2O3S. The molecule has 0 radical (unpaired) electrons. The van der Waals surface area contributed by atoms with E-state index in [-0.39, 0.29) is 5.41 Å². The summed E-state index contributed by atoms with van der Waals surface area (Å²) in [7, 11) is -3.29. The molecule has 0 saturated heterocycles. The standard InChI is InChI=1S/C17H20N2O3S/c1-12(2)23(21,22)15-4-3-13-8-16(18-9-14(13)7-15)19-10-17(11-20)5-6-17/h3-4,7-9,11-12H,5-6,10H2,1-2H3,(H,18,19). The Balaban J connectivity index is 1.86. The van der Waals surface area contributed by atoms with Crippen molar-refractivity contribution >= 4 is 32.7 Å². The van der Waals surface area contributed by atoms with Gasteiger partial charge in [-0.3, -0.25) is 0 Å². The van der Waals surface area contributed by atoms with Gasteiger partial charge in [0.25, 0.3) is 0 Å². The minimum Gasteiger partial charge on any atom is -0.369 e. The van der Waals surface area contributed by atoms with Gasteiger partial charge in [-0.15, -0.1) is 0 Å². The van der Waals surface area contributed by atoms with Gasteiger partial charge in [0.1, 0.15) is 12.1 Å². The predicted octanol–water partition coefficient (Wildman–Crippen LogP) is 2.81. The van der Waals surface area contributed by atoms with E-state index in [0.717, 1.165) is 29.9 Å². The van der Waals surface area contributed by atoms with E-state index in [2.05, 4.69) is 10.3 Å². The molecule has 1 saturated carbocycles. The van der Waals surface area contributed by atoms with Gasteiger partial charge in [-0.2, -0.15) is 0 Å². The first kappa shape index (κ1) is 15.9. The molecule has 1 aliphatic carbocycles. The summed E-state index contributed by atoms with van der Waals surface area (Å²) in [6, 6.07) is 6.97. The maximum Gasteiger partial charge on any atom is 0.180 e. The fourth-order valence-corrected chi connectivity index (χ4v) is 3.52. The van der Waals surface area contributed by atoms with Crippen molar-refractivity contribution in [2.45, 2.75) is 36.8 Å². The number of aromatic nitrogens is 1. The molecule has 122 valence electrons. The van der Waals surface area contributed by atoms with Crippen LogP contribution in [0.3, 0.4) is 0 Å². The first-order valence-corrected chi connectivity index (χ1v) is 9.25. The average molecular weight is 332 g/mol. The second-order valence-corrected chi connectivity index (χ2v) is 9.01. The fourth-order valence-electron chi connectivity index (χ4n) is 2.43. The van der Waals surface area contributed by atoms with Crippen molar-refractivity contribution in [3.05, 3.63) is 30.5 Å². The molecule has 1 N–H and O–H groups in total. The minimum absolute atomic E-state index is 0.216. The predicted molar refractivity (Wildman–Crippen MR) is 90.3 cm³/mol. The Hall–Kier alpha value is -1.95. The van der Waals surface area contributed by atoms with Gasteiger partial charge in [-0.25, -0.2) is 13.4 Å². The van der Waals surface area contributed by atoms with Crippen molar-refractivity contribution in [3.8, 4) is 0 Å². The number of pyridine rings is 1. The van der Waals surface area contributed by atoms with E-state index in [1.807, 2.05) is 6.07 Å². The molecule has 1 fully saturated rings. The van der Waals surface area contributed by atoms with Gasteiger partial charge in [-0.1, -0.05) is 6.07 Å². The van der Waals surface area contributed by atoms with Crippen molar-refractivity contribution in [1.82, 2.24) is 4.98 Å². The number of nitrogens with zero attached hydrogens (tertiary/aromatic N) is 1. The third kappa shape index (κ3) is 3.08. The van der Waals surface area contributed by atoms with Crippen LogP contribution < -0.4 is 5.32 Å². The number of rotatable bonds is 6. The molecule has 1 aromatic heterocycles. The van der Waals surface area contributed by atoms with E-state index in [1.54, 1.807) is 38.2 Å². The fraction of sp³-hybridized carbons (Fsp3) is 0.412. The minimum atomic E-state index is -3.29. The summed E-state index contributed by atoms with van der Waals surface area (Å²) in [4.78, 5) is 15.6. The molecule has 0 atom stereocenters. The molecule has 0 bridgehead atoms. The van der Waals surface area contributed by atoms with E-state index in [1.165, 1.54) is 0 Å². The summed E-state index contributed by atoms with van der Waals surface area (Å²) in [6.45, 7) is 3.94. The number of fused-ring (bicyclic) bond motifs is 1. The van der Waals surface area contributed by atoms with Gasteiger partial charge in [0, 0.05) is 23.5 Å². The third-order valence-electron chi connectivity index (χ3n) is 4.41. The topological polar surface area (TPSA) is 76.1 Å². The van der Waals surface area contributed by atoms with Crippen LogP contribution in [0.1, 0.15) is 26.7 Å². The van der Waals surface area contributed by atoms with Gasteiger partial charge >= 0.3 is 0 Å². The Kier molecular flexibility index (Phi) is 3.88. The zero-order valence-electron chi connectivity index (χ0n) is 13.2. The first-order chi connectivity index (χ1) is 10.9. The van der Waals surface area contributed by atoms with Crippen LogP contribution in [0.15, 0.2) is 35.4 Å². The number of benzene rings is 1. The number of hydrogen-bond acceptors (Lipinski definition) is 5. The Morgan fingerprint density at radius 2 is 2.00 bits per heavy atom. The molecule has 0 amide bonds. The second kappa shape index (κ2) is 5.60. The lowest BCUT2D eigenvalue weighted by Crippen LogP contribution is -2.17. The maximum atomic E-state index is 12.2. The number of carbonyl (C=O) groups excluding carboxylic acids is 1. The molecule has 1 heterocycles. The molecule has 23 heavy (non-hydrogen) atoms. The Bertz CT molecular complexity index is 855. The SMILES string of the molecule is CC(C)S(=O)(=O)c1ccc2cc(NCC3(C=O)CC3)ncc2c1. The maximum absolute atomic E-state index is 12.2. The number of sulfone groups is 1. The summed E-state index contributed by atoms with van der Waals surface area (Å²) < 4.78 is 24.5. The van der Waals surface area contributed by atoms with Crippen LogP contribution in [0.25, 0.3) is 10.8 Å². The number of aldehydes is 1. The highest BCUT2D eigenvalue weighted by molar-refractivity contribution is 7.92. The lowest BCUT2D eigenvalue weighted by Gasteiger charge is -2.11. The van der Waals surface area contributed by atoms with E-state index in [0.29, 0.717) is 17.3 Å². The highest BCUT2D eigenvalue weighted by atomic mass is 32.2. The monoisotopic (exact) mass is 332 g/mol. The van der Waals surface area contributed by atoms with Crippen LogP contribution in [0, 0.1) is 5.41 Å². The van der Waals surface area contributed by atoms with Crippen LogP contribution in [0.5, 0.6) is 0 Å². The molecule has 0 unspecified atom stereocenters.